The molecule has 1 aliphatic rings. The van der Waals surface area contributed by atoms with Gasteiger partial charge < -0.3 is 14.2 Å². The minimum atomic E-state index is -0.687. The van der Waals surface area contributed by atoms with Crippen LogP contribution in [0.5, 0.6) is 0 Å². The molecule has 15 heavy (non-hydrogen) atoms. The lowest BCUT2D eigenvalue weighted by atomic mass is 10.2. The summed E-state index contributed by atoms with van der Waals surface area (Å²) in [6.07, 6.45) is 1.07. The first-order valence-corrected chi connectivity index (χ1v) is 5.48. The van der Waals surface area contributed by atoms with E-state index in [1.807, 2.05) is 6.92 Å². The summed E-state index contributed by atoms with van der Waals surface area (Å²) in [5.74, 6) is -1.00. The number of rotatable bonds is 4. The van der Waals surface area contributed by atoms with E-state index in [0.29, 0.717) is 6.61 Å². The molecule has 1 aliphatic heterocycles. The Morgan fingerprint density at radius 3 is 2.53 bits per heavy atom. The molecule has 0 amide bonds. The first-order valence-electron chi connectivity index (χ1n) is 5.48. The lowest BCUT2D eigenvalue weighted by molar-refractivity contribution is -0.170. The Kier molecular flexibility index (Phi) is 4.11. The highest BCUT2D eigenvalue weighted by Gasteiger charge is 2.43. The van der Waals surface area contributed by atoms with E-state index < -0.39 is 11.9 Å². The standard InChI is InChI=1S/C11H20O4/c1-5-6-7-13-10(12)9-8(2)14-11(3,4)15-9/h8-9H,5-7H2,1-4H3/t8-,9?/m1/s1. The van der Waals surface area contributed by atoms with Crippen molar-refractivity contribution in [1.82, 2.24) is 0 Å². The number of hydrogen-bond donors (Lipinski definition) is 0. The zero-order valence-electron chi connectivity index (χ0n) is 9.91. The molecule has 0 aromatic heterocycles. The molecule has 1 heterocycles. The van der Waals surface area contributed by atoms with Gasteiger partial charge >= 0.3 is 5.97 Å². The van der Waals surface area contributed by atoms with Gasteiger partial charge in [-0.15, -0.1) is 0 Å². The number of carbonyl (C=O) groups is 1. The predicted octanol–water partition coefficient (Wildman–Crippen LogP) is 1.87. The second kappa shape index (κ2) is 4.94. The minimum Gasteiger partial charge on any atom is -0.464 e. The summed E-state index contributed by atoms with van der Waals surface area (Å²) >= 11 is 0. The highest BCUT2D eigenvalue weighted by Crippen LogP contribution is 2.28. The Balaban J connectivity index is 2.40. The first kappa shape index (κ1) is 12.5. The molecule has 2 atom stereocenters. The van der Waals surface area contributed by atoms with E-state index in [4.69, 9.17) is 14.2 Å². The fraction of sp³-hybridized carbons (Fsp3) is 0.909. The van der Waals surface area contributed by atoms with Crippen molar-refractivity contribution in [2.24, 2.45) is 0 Å². The summed E-state index contributed by atoms with van der Waals surface area (Å²) in [6.45, 7) is 7.92. The van der Waals surface area contributed by atoms with Crippen LogP contribution in [-0.4, -0.2) is 30.6 Å². The van der Waals surface area contributed by atoms with Gasteiger partial charge in [0.1, 0.15) is 0 Å². The highest BCUT2D eigenvalue weighted by molar-refractivity contribution is 5.75. The molecule has 0 saturated carbocycles. The Labute approximate surface area is 90.9 Å². The topological polar surface area (TPSA) is 44.8 Å². The Morgan fingerprint density at radius 1 is 1.40 bits per heavy atom. The fourth-order valence-electron chi connectivity index (χ4n) is 1.58. The van der Waals surface area contributed by atoms with Crippen LogP contribution in [0.3, 0.4) is 0 Å². The third kappa shape index (κ3) is 3.47. The van der Waals surface area contributed by atoms with E-state index >= 15 is 0 Å². The molecule has 1 unspecified atom stereocenters. The highest BCUT2D eigenvalue weighted by atomic mass is 16.8. The van der Waals surface area contributed by atoms with Gasteiger partial charge in [-0.05, 0) is 27.2 Å². The van der Waals surface area contributed by atoms with E-state index in [9.17, 15) is 4.79 Å². The Bertz CT molecular complexity index is 225. The predicted molar refractivity (Wildman–Crippen MR) is 55.4 cm³/mol. The van der Waals surface area contributed by atoms with Gasteiger partial charge in [0.2, 0.25) is 0 Å². The van der Waals surface area contributed by atoms with Crippen LogP contribution >= 0.6 is 0 Å². The molecule has 1 fully saturated rings. The molecule has 88 valence electrons. The summed E-state index contributed by atoms with van der Waals surface area (Å²) in [7, 11) is 0. The summed E-state index contributed by atoms with van der Waals surface area (Å²) < 4.78 is 16.0. The smallest absolute Gasteiger partial charge is 0.338 e. The van der Waals surface area contributed by atoms with Crippen molar-refractivity contribution in [2.45, 2.75) is 58.5 Å². The summed E-state index contributed by atoms with van der Waals surface area (Å²) in [5, 5.41) is 0. The average molecular weight is 216 g/mol. The quantitative estimate of drug-likeness (QED) is 0.531. The molecule has 1 rings (SSSR count). The maximum absolute atomic E-state index is 11.6. The van der Waals surface area contributed by atoms with Crippen LogP contribution in [0.1, 0.15) is 40.5 Å². The lowest BCUT2D eigenvalue weighted by Crippen LogP contribution is -2.32. The van der Waals surface area contributed by atoms with Crippen LogP contribution in [0.15, 0.2) is 0 Å². The summed E-state index contributed by atoms with van der Waals surface area (Å²) in [4.78, 5) is 11.6. The van der Waals surface area contributed by atoms with Gasteiger partial charge in [-0.2, -0.15) is 0 Å². The number of hydrogen-bond acceptors (Lipinski definition) is 4. The van der Waals surface area contributed by atoms with Gasteiger partial charge in [-0.1, -0.05) is 13.3 Å². The van der Waals surface area contributed by atoms with Gasteiger partial charge in [0.05, 0.1) is 12.7 Å². The van der Waals surface area contributed by atoms with E-state index in [1.165, 1.54) is 0 Å². The number of ether oxygens (including phenoxy) is 3. The summed E-state index contributed by atoms with van der Waals surface area (Å²) in [5.41, 5.74) is 0. The molecule has 0 bridgehead atoms. The molecular weight excluding hydrogens is 196 g/mol. The molecule has 0 aromatic rings. The largest absolute Gasteiger partial charge is 0.464 e. The Hall–Kier alpha value is -0.610. The van der Waals surface area contributed by atoms with Crippen molar-refractivity contribution in [3.8, 4) is 0 Å². The van der Waals surface area contributed by atoms with Gasteiger partial charge in [-0.25, -0.2) is 4.79 Å². The van der Waals surface area contributed by atoms with Crippen LogP contribution < -0.4 is 0 Å². The monoisotopic (exact) mass is 216 g/mol. The maximum Gasteiger partial charge on any atom is 0.338 e. The second-order valence-electron chi connectivity index (χ2n) is 4.28. The van der Waals surface area contributed by atoms with Crippen LogP contribution in [0.4, 0.5) is 0 Å². The van der Waals surface area contributed by atoms with Crippen molar-refractivity contribution >= 4 is 5.97 Å². The van der Waals surface area contributed by atoms with Gasteiger partial charge in [0.15, 0.2) is 11.9 Å². The van der Waals surface area contributed by atoms with Crippen LogP contribution in [0, 0.1) is 0 Å². The zero-order chi connectivity index (χ0) is 11.5. The van der Waals surface area contributed by atoms with Gasteiger partial charge in [0.25, 0.3) is 0 Å². The van der Waals surface area contributed by atoms with Crippen molar-refractivity contribution in [3.05, 3.63) is 0 Å². The molecule has 0 N–H and O–H groups in total. The van der Waals surface area contributed by atoms with Gasteiger partial charge in [-0.3, -0.25) is 0 Å². The van der Waals surface area contributed by atoms with Gasteiger partial charge in [0, 0.05) is 0 Å². The molecule has 4 nitrogen and oxygen atoms in total. The zero-order valence-corrected chi connectivity index (χ0v) is 9.91. The van der Waals surface area contributed by atoms with E-state index in [2.05, 4.69) is 6.92 Å². The van der Waals surface area contributed by atoms with Crippen LogP contribution in [0.2, 0.25) is 0 Å². The Morgan fingerprint density at radius 2 is 2.07 bits per heavy atom. The summed E-state index contributed by atoms with van der Waals surface area (Å²) in [6, 6.07) is 0. The number of esters is 1. The average Bonchev–Trinajstić information content (AvgIpc) is 2.40. The maximum atomic E-state index is 11.6. The molecule has 0 aliphatic carbocycles. The van der Waals surface area contributed by atoms with Crippen LogP contribution in [-0.2, 0) is 19.0 Å². The molecule has 1 saturated heterocycles. The third-order valence-electron chi connectivity index (χ3n) is 2.28. The lowest BCUT2D eigenvalue weighted by Gasteiger charge is -2.16. The molecular formula is C11H20O4. The van der Waals surface area contributed by atoms with E-state index in [-0.39, 0.29) is 12.1 Å². The molecule has 0 spiro atoms. The third-order valence-corrected chi connectivity index (χ3v) is 2.28. The normalized spacial score (nSPS) is 29.1. The minimum absolute atomic E-state index is 0.242. The molecule has 4 heteroatoms. The van der Waals surface area contributed by atoms with Crippen molar-refractivity contribution < 1.29 is 19.0 Å². The van der Waals surface area contributed by atoms with Crippen molar-refractivity contribution in [2.75, 3.05) is 6.61 Å². The number of unbranched alkanes of at least 4 members (excludes halogenated alkanes) is 1. The van der Waals surface area contributed by atoms with Crippen LogP contribution in [0.25, 0.3) is 0 Å². The first-order chi connectivity index (χ1) is 6.96. The number of carbonyl (C=O) groups excluding carboxylic acids is 1. The van der Waals surface area contributed by atoms with Crippen molar-refractivity contribution in [1.29, 1.82) is 0 Å². The molecule has 0 aromatic carbocycles. The SMILES string of the molecule is CCCCOC(=O)C1OC(C)(C)O[C@@H]1C. The van der Waals surface area contributed by atoms with E-state index in [0.717, 1.165) is 12.8 Å². The molecule has 0 radical (unpaired) electrons. The van der Waals surface area contributed by atoms with Crippen molar-refractivity contribution in [3.63, 3.8) is 0 Å². The second-order valence-corrected chi connectivity index (χ2v) is 4.28. The fourth-order valence-corrected chi connectivity index (χ4v) is 1.58. The van der Waals surface area contributed by atoms with E-state index in [1.54, 1.807) is 13.8 Å².